The van der Waals surface area contributed by atoms with Gasteiger partial charge in [0, 0.05) is 24.2 Å². The topological polar surface area (TPSA) is 88.0 Å². The first kappa shape index (κ1) is 15.3. The van der Waals surface area contributed by atoms with Gasteiger partial charge in [0.15, 0.2) is 0 Å². The lowest BCUT2D eigenvalue weighted by atomic mass is 9.76. The van der Waals surface area contributed by atoms with Crippen LogP contribution in [0.3, 0.4) is 0 Å². The molecule has 6 nitrogen and oxygen atoms in total. The van der Waals surface area contributed by atoms with E-state index >= 15 is 0 Å². The van der Waals surface area contributed by atoms with Crippen LogP contribution >= 0.6 is 0 Å². The summed E-state index contributed by atoms with van der Waals surface area (Å²) in [6.45, 7) is 2.45. The summed E-state index contributed by atoms with van der Waals surface area (Å²) < 4.78 is 0. The van der Waals surface area contributed by atoms with Crippen LogP contribution in [0.2, 0.25) is 0 Å². The fourth-order valence-electron chi connectivity index (χ4n) is 3.22. The van der Waals surface area contributed by atoms with Crippen LogP contribution in [0.5, 0.6) is 0 Å². The molecule has 5 atom stereocenters. The molecule has 1 aromatic rings. The average molecular weight is 305 g/mol. The van der Waals surface area contributed by atoms with Gasteiger partial charge < -0.3 is 20.7 Å². The van der Waals surface area contributed by atoms with E-state index in [1.165, 1.54) is 0 Å². The van der Waals surface area contributed by atoms with Crippen molar-refractivity contribution < 1.29 is 15.3 Å². The lowest BCUT2D eigenvalue weighted by Gasteiger charge is -2.40. The Morgan fingerprint density at radius 3 is 2.55 bits per heavy atom. The van der Waals surface area contributed by atoms with E-state index in [1.54, 1.807) is 0 Å². The zero-order valence-electron chi connectivity index (χ0n) is 12.6. The van der Waals surface area contributed by atoms with E-state index < -0.39 is 18.3 Å². The van der Waals surface area contributed by atoms with Gasteiger partial charge in [-0.1, -0.05) is 37.3 Å². The van der Waals surface area contributed by atoms with E-state index in [-0.39, 0.29) is 11.8 Å². The standard InChI is InChI=1S/C16H23N3O3/c1-10-7-12(15(21)16(22)14(10)20)8-19-9-13(17-18-19)11-5-3-2-4-6-11/h2-6,9-10,12,14-18,20-22H,7-8H2,1H3/t10-,12-,14-,15-,16-/m1/s1. The molecule has 0 aromatic heterocycles. The largest absolute Gasteiger partial charge is 0.390 e. The normalized spacial score (nSPS) is 35.2. The molecular formula is C16H23N3O3. The second-order valence-electron chi connectivity index (χ2n) is 6.24. The van der Waals surface area contributed by atoms with Gasteiger partial charge in [0.1, 0.15) is 6.10 Å². The van der Waals surface area contributed by atoms with Crippen LogP contribution < -0.4 is 11.0 Å². The quantitative estimate of drug-likeness (QED) is 0.542. The van der Waals surface area contributed by atoms with Gasteiger partial charge in [0.25, 0.3) is 0 Å². The second-order valence-corrected chi connectivity index (χ2v) is 6.24. The maximum atomic E-state index is 10.2. The van der Waals surface area contributed by atoms with Gasteiger partial charge in [-0.3, -0.25) is 5.01 Å². The van der Waals surface area contributed by atoms with Crippen LogP contribution in [0.4, 0.5) is 0 Å². The average Bonchev–Trinajstić information content (AvgIpc) is 3.00. The van der Waals surface area contributed by atoms with Crippen LogP contribution in [0.15, 0.2) is 36.5 Å². The van der Waals surface area contributed by atoms with Gasteiger partial charge in [-0.05, 0) is 12.3 Å². The Hall–Kier alpha value is -1.60. The summed E-state index contributed by atoms with van der Waals surface area (Å²) in [4.78, 5) is 0. The summed E-state index contributed by atoms with van der Waals surface area (Å²) in [5.74, 6) is -0.134. The van der Waals surface area contributed by atoms with Crippen molar-refractivity contribution in [1.29, 1.82) is 0 Å². The van der Waals surface area contributed by atoms with Gasteiger partial charge in [0.2, 0.25) is 0 Å². The number of rotatable bonds is 3. The summed E-state index contributed by atoms with van der Waals surface area (Å²) in [6, 6.07) is 9.95. The number of hydrogen-bond donors (Lipinski definition) is 5. The summed E-state index contributed by atoms with van der Waals surface area (Å²) in [7, 11) is 0. The molecular weight excluding hydrogens is 282 g/mol. The number of aliphatic hydroxyl groups is 3. The molecule has 6 heteroatoms. The number of hydrogen-bond acceptors (Lipinski definition) is 6. The zero-order valence-corrected chi connectivity index (χ0v) is 12.6. The molecule has 2 aliphatic rings. The highest BCUT2D eigenvalue weighted by atomic mass is 16.4. The van der Waals surface area contributed by atoms with Gasteiger partial charge in [-0.2, -0.15) is 0 Å². The predicted molar refractivity (Wildman–Crippen MR) is 82.7 cm³/mol. The molecule has 1 heterocycles. The fraction of sp³-hybridized carbons (Fsp3) is 0.500. The van der Waals surface area contributed by atoms with Crippen molar-refractivity contribution in [3.05, 3.63) is 42.1 Å². The number of benzene rings is 1. The lowest BCUT2D eigenvalue weighted by molar-refractivity contribution is -0.135. The molecule has 3 rings (SSSR count). The highest BCUT2D eigenvalue weighted by Gasteiger charge is 2.41. The molecule has 1 aromatic carbocycles. The van der Waals surface area contributed by atoms with Gasteiger partial charge in [-0.25, -0.2) is 0 Å². The summed E-state index contributed by atoms with van der Waals surface area (Å²) in [6.07, 6.45) is -0.230. The fourth-order valence-corrected chi connectivity index (χ4v) is 3.22. The molecule has 0 bridgehead atoms. The van der Waals surface area contributed by atoms with Crippen molar-refractivity contribution in [3.8, 4) is 0 Å². The third kappa shape index (κ3) is 2.96. The van der Waals surface area contributed by atoms with Crippen LogP contribution in [-0.2, 0) is 0 Å². The Kier molecular flexibility index (Phi) is 4.35. The number of hydrazine groups is 2. The van der Waals surface area contributed by atoms with Crippen LogP contribution in [0, 0.1) is 11.8 Å². The number of nitrogens with zero attached hydrogens (tertiary/aromatic N) is 1. The van der Waals surface area contributed by atoms with E-state index in [0.717, 1.165) is 11.3 Å². The monoisotopic (exact) mass is 305 g/mol. The van der Waals surface area contributed by atoms with Crippen molar-refractivity contribution in [1.82, 2.24) is 16.0 Å². The maximum Gasteiger partial charge on any atom is 0.106 e. The first-order valence-corrected chi connectivity index (χ1v) is 7.66. The Bertz CT molecular complexity index is 537. The van der Waals surface area contributed by atoms with Crippen molar-refractivity contribution in [3.63, 3.8) is 0 Å². The molecule has 120 valence electrons. The smallest absolute Gasteiger partial charge is 0.106 e. The first-order valence-electron chi connectivity index (χ1n) is 7.66. The van der Waals surface area contributed by atoms with E-state index in [0.29, 0.717) is 13.0 Å². The molecule has 0 saturated heterocycles. The van der Waals surface area contributed by atoms with Crippen molar-refractivity contribution in [2.24, 2.45) is 11.8 Å². The van der Waals surface area contributed by atoms with Crippen LogP contribution in [0.25, 0.3) is 5.70 Å². The maximum absolute atomic E-state index is 10.2. The third-order valence-corrected chi connectivity index (χ3v) is 4.58. The molecule has 1 saturated carbocycles. The molecule has 0 radical (unpaired) electrons. The molecule has 0 unspecified atom stereocenters. The van der Waals surface area contributed by atoms with E-state index in [4.69, 9.17) is 0 Å². The predicted octanol–water partition coefficient (Wildman–Crippen LogP) is 0.0485. The minimum atomic E-state index is -1.08. The lowest BCUT2D eigenvalue weighted by Crippen LogP contribution is -2.53. The Labute approximate surface area is 130 Å². The van der Waals surface area contributed by atoms with Crippen molar-refractivity contribution in [2.75, 3.05) is 6.54 Å². The third-order valence-electron chi connectivity index (χ3n) is 4.58. The molecule has 0 spiro atoms. The molecule has 22 heavy (non-hydrogen) atoms. The molecule has 0 amide bonds. The first-order chi connectivity index (χ1) is 10.6. The summed E-state index contributed by atoms with van der Waals surface area (Å²) >= 11 is 0. The highest BCUT2D eigenvalue weighted by molar-refractivity contribution is 5.64. The molecule has 1 fully saturated rings. The summed E-state index contributed by atoms with van der Waals surface area (Å²) in [5.41, 5.74) is 8.18. The van der Waals surface area contributed by atoms with E-state index in [9.17, 15) is 15.3 Å². The SMILES string of the molecule is C[C@@H]1C[C@H](CN2C=C(c3ccccc3)NN2)[C@@H](O)[C@H](O)[C@@H]1O. The van der Waals surface area contributed by atoms with E-state index in [2.05, 4.69) is 11.0 Å². The summed E-state index contributed by atoms with van der Waals surface area (Å²) in [5, 5.41) is 31.8. The van der Waals surface area contributed by atoms with E-state index in [1.807, 2.05) is 48.5 Å². The minimum Gasteiger partial charge on any atom is -0.390 e. The van der Waals surface area contributed by atoms with Gasteiger partial charge in [-0.15, -0.1) is 5.53 Å². The van der Waals surface area contributed by atoms with Crippen molar-refractivity contribution >= 4 is 5.70 Å². The van der Waals surface area contributed by atoms with Crippen molar-refractivity contribution in [2.45, 2.75) is 31.7 Å². The molecule has 1 aliphatic heterocycles. The van der Waals surface area contributed by atoms with Crippen LogP contribution in [-0.4, -0.2) is 45.2 Å². The highest BCUT2D eigenvalue weighted by Crippen LogP contribution is 2.31. The second kappa shape index (κ2) is 6.26. The molecule has 1 aliphatic carbocycles. The Balaban J connectivity index is 1.66. The minimum absolute atomic E-state index is 0.0310. The number of nitrogens with one attached hydrogen (secondary N) is 2. The number of aliphatic hydroxyl groups excluding tert-OH is 3. The molecule has 5 N–H and O–H groups in total. The Morgan fingerprint density at radius 2 is 1.82 bits per heavy atom. The van der Waals surface area contributed by atoms with Crippen LogP contribution in [0.1, 0.15) is 18.9 Å². The van der Waals surface area contributed by atoms with Gasteiger partial charge in [0.05, 0.1) is 17.9 Å². The van der Waals surface area contributed by atoms with Gasteiger partial charge >= 0.3 is 0 Å². The zero-order chi connectivity index (χ0) is 15.7. The Morgan fingerprint density at radius 1 is 1.09 bits per heavy atom.